The zero-order valence-corrected chi connectivity index (χ0v) is 17.9. The van der Waals surface area contributed by atoms with Gasteiger partial charge < -0.3 is 14.8 Å². The molecule has 2 aromatic carbocycles. The van der Waals surface area contributed by atoms with Crippen LogP contribution in [0.3, 0.4) is 0 Å². The third-order valence-corrected chi connectivity index (χ3v) is 4.47. The van der Waals surface area contributed by atoms with Crippen LogP contribution < -0.4 is 25.6 Å². The number of benzene rings is 2. The van der Waals surface area contributed by atoms with Gasteiger partial charge in [0.1, 0.15) is 22.9 Å². The quantitative estimate of drug-likeness (QED) is 0.493. The van der Waals surface area contributed by atoms with Crippen LogP contribution >= 0.6 is 11.6 Å². The van der Waals surface area contributed by atoms with Gasteiger partial charge in [-0.2, -0.15) is 0 Å². The fourth-order valence-corrected chi connectivity index (χ4v) is 2.82. The molecule has 0 aliphatic rings. The molecule has 1 aromatic heterocycles. The van der Waals surface area contributed by atoms with Crippen LogP contribution in [0.2, 0.25) is 5.02 Å². The number of amides is 3. The highest BCUT2D eigenvalue weighted by atomic mass is 35.5. The Labute approximate surface area is 188 Å². The lowest BCUT2D eigenvalue weighted by Crippen LogP contribution is -2.41. The number of aromatic nitrogens is 1. The van der Waals surface area contributed by atoms with Gasteiger partial charge in [0.15, 0.2) is 0 Å². The van der Waals surface area contributed by atoms with Gasteiger partial charge in [-0.1, -0.05) is 11.6 Å². The van der Waals surface area contributed by atoms with E-state index in [1.54, 1.807) is 30.3 Å². The lowest BCUT2D eigenvalue weighted by Gasteiger charge is -2.11. The summed E-state index contributed by atoms with van der Waals surface area (Å²) in [6, 6.07) is 13.9. The molecular formula is C22H19ClN4O5. The summed E-state index contributed by atoms with van der Waals surface area (Å²) in [6.07, 6.45) is 1.46. The maximum absolute atomic E-state index is 12.3. The number of hydrazine groups is 1. The minimum atomic E-state index is -0.581. The molecule has 0 atom stereocenters. The summed E-state index contributed by atoms with van der Waals surface area (Å²) in [5.41, 5.74) is 5.34. The molecule has 0 bridgehead atoms. The summed E-state index contributed by atoms with van der Waals surface area (Å²) >= 11 is 5.92. The lowest BCUT2D eigenvalue weighted by atomic mass is 10.2. The van der Waals surface area contributed by atoms with Crippen LogP contribution in [0.1, 0.15) is 31.2 Å². The van der Waals surface area contributed by atoms with Gasteiger partial charge in [-0.05, 0) is 48.5 Å². The van der Waals surface area contributed by atoms with Crippen molar-refractivity contribution >= 4 is 29.3 Å². The minimum Gasteiger partial charge on any atom is -0.496 e. The minimum absolute atomic E-state index is 0.178. The van der Waals surface area contributed by atoms with Crippen molar-refractivity contribution in [2.24, 2.45) is 0 Å². The summed E-state index contributed by atoms with van der Waals surface area (Å²) < 4.78 is 10.8. The van der Waals surface area contributed by atoms with Crippen molar-refractivity contribution in [1.29, 1.82) is 0 Å². The van der Waals surface area contributed by atoms with Gasteiger partial charge in [-0.25, -0.2) is 0 Å². The van der Waals surface area contributed by atoms with Crippen LogP contribution in [0.15, 0.2) is 60.8 Å². The first kappa shape index (κ1) is 22.6. The standard InChI is InChI=1S/C22H19ClN4O5/c1-24-22(30)18-12-16(9-10-25-18)32-15-6-3-13(4-7-15)20(28)26-27-21(29)17-11-14(23)5-8-19(17)31-2/h3-12H,1-2H3,(H,24,30)(H,26,28)(H,27,29). The fraction of sp³-hybridized carbons (Fsp3) is 0.0909. The molecule has 3 N–H and O–H groups in total. The van der Waals surface area contributed by atoms with E-state index < -0.39 is 11.8 Å². The van der Waals surface area contributed by atoms with Crippen LogP contribution in [-0.2, 0) is 0 Å². The zero-order chi connectivity index (χ0) is 23.1. The summed E-state index contributed by atoms with van der Waals surface area (Å²) in [5, 5.41) is 2.84. The highest BCUT2D eigenvalue weighted by Gasteiger charge is 2.14. The Morgan fingerprint density at radius 3 is 2.28 bits per heavy atom. The molecule has 0 aliphatic heterocycles. The van der Waals surface area contributed by atoms with Crippen molar-refractivity contribution in [1.82, 2.24) is 21.2 Å². The number of hydrogen-bond acceptors (Lipinski definition) is 6. The van der Waals surface area contributed by atoms with Gasteiger partial charge >= 0.3 is 0 Å². The highest BCUT2D eigenvalue weighted by Crippen LogP contribution is 2.23. The van der Waals surface area contributed by atoms with Gasteiger partial charge in [0.25, 0.3) is 17.7 Å². The second-order valence-electron chi connectivity index (χ2n) is 6.34. The number of ether oxygens (including phenoxy) is 2. The number of pyridine rings is 1. The Balaban J connectivity index is 1.61. The van der Waals surface area contributed by atoms with Crippen molar-refractivity contribution in [3.8, 4) is 17.2 Å². The molecule has 10 heteroatoms. The molecule has 0 spiro atoms. The van der Waals surface area contributed by atoms with E-state index in [4.69, 9.17) is 21.1 Å². The number of halogens is 1. The van der Waals surface area contributed by atoms with E-state index in [1.807, 2.05) is 0 Å². The summed E-state index contributed by atoms with van der Waals surface area (Å²) in [4.78, 5) is 40.3. The Morgan fingerprint density at radius 1 is 0.875 bits per heavy atom. The summed E-state index contributed by atoms with van der Waals surface area (Å²) in [6.45, 7) is 0. The number of nitrogens with one attached hydrogen (secondary N) is 3. The molecular weight excluding hydrogens is 436 g/mol. The monoisotopic (exact) mass is 454 g/mol. The van der Waals surface area contributed by atoms with E-state index in [1.165, 1.54) is 44.6 Å². The van der Waals surface area contributed by atoms with Crippen LogP contribution in [0, 0.1) is 0 Å². The predicted molar refractivity (Wildman–Crippen MR) is 117 cm³/mol. The normalized spacial score (nSPS) is 10.1. The number of carbonyl (C=O) groups is 3. The molecule has 32 heavy (non-hydrogen) atoms. The maximum atomic E-state index is 12.3. The number of nitrogens with zero attached hydrogens (tertiary/aromatic N) is 1. The average molecular weight is 455 g/mol. The fourth-order valence-electron chi connectivity index (χ4n) is 2.65. The van der Waals surface area contributed by atoms with Gasteiger partial charge in [0.05, 0.1) is 12.7 Å². The topological polar surface area (TPSA) is 119 Å². The molecule has 0 fully saturated rings. The average Bonchev–Trinajstić information content (AvgIpc) is 2.82. The molecule has 0 saturated carbocycles. The van der Waals surface area contributed by atoms with Crippen LogP contribution in [0.4, 0.5) is 0 Å². The van der Waals surface area contributed by atoms with Gasteiger partial charge in [0, 0.05) is 29.9 Å². The smallest absolute Gasteiger partial charge is 0.273 e. The SMILES string of the molecule is CNC(=O)c1cc(Oc2ccc(C(=O)NNC(=O)c3cc(Cl)ccc3OC)cc2)ccn1. The maximum Gasteiger partial charge on any atom is 0.273 e. The summed E-state index contributed by atoms with van der Waals surface area (Å²) in [5.74, 6) is -0.265. The molecule has 9 nitrogen and oxygen atoms in total. The lowest BCUT2D eigenvalue weighted by molar-refractivity contribution is 0.0845. The zero-order valence-electron chi connectivity index (χ0n) is 17.1. The molecule has 3 aromatic rings. The Morgan fingerprint density at radius 2 is 1.59 bits per heavy atom. The van der Waals surface area contributed by atoms with Gasteiger partial charge in [0.2, 0.25) is 0 Å². The predicted octanol–water partition coefficient (Wildman–Crippen LogP) is 2.97. The van der Waals surface area contributed by atoms with Crippen molar-refractivity contribution in [2.75, 3.05) is 14.2 Å². The largest absolute Gasteiger partial charge is 0.496 e. The Bertz CT molecular complexity index is 1150. The number of carbonyl (C=O) groups excluding carboxylic acids is 3. The third-order valence-electron chi connectivity index (χ3n) is 4.24. The second kappa shape index (κ2) is 10.3. The van der Waals surface area contributed by atoms with Crippen LogP contribution in [-0.4, -0.2) is 36.9 Å². The Kier molecular flexibility index (Phi) is 7.25. The molecule has 3 amide bonds. The van der Waals surface area contributed by atoms with E-state index in [0.717, 1.165) is 0 Å². The van der Waals surface area contributed by atoms with Crippen molar-refractivity contribution < 1.29 is 23.9 Å². The highest BCUT2D eigenvalue weighted by molar-refractivity contribution is 6.31. The first-order chi connectivity index (χ1) is 15.4. The van der Waals surface area contributed by atoms with Gasteiger partial charge in [-0.3, -0.25) is 30.2 Å². The van der Waals surface area contributed by atoms with E-state index in [9.17, 15) is 14.4 Å². The van der Waals surface area contributed by atoms with E-state index in [0.29, 0.717) is 22.3 Å². The van der Waals surface area contributed by atoms with Crippen molar-refractivity contribution in [3.05, 3.63) is 82.6 Å². The van der Waals surface area contributed by atoms with Gasteiger partial charge in [-0.15, -0.1) is 0 Å². The first-order valence-electron chi connectivity index (χ1n) is 9.31. The summed E-state index contributed by atoms with van der Waals surface area (Å²) in [7, 11) is 2.93. The number of hydrogen-bond donors (Lipinski definition) is 3. The molecule has 1 heterocycles. The molecule has 0 unspecified atom stereocenters. The van der Waals surface area contributed by atoms with Crippen molar-refractivity contribution in [3.63, 3.8) is 0 Å². The van der Waals surface area contributed by atoms with E-state index in [-0.39, 0.29) is 22.7 Å². The molecule has 3 rings (SSSR count). The van der Waals surface area contributed by atoms with E-state index >= 15 is 0 Å². The first-order valence-corrected chi connectivity index (χ1v) is 9.69. The second-order valence-corrected chi connectivity index (χ2v) is 6.77. The van der Waals surface area contributed by atoms with E-state index in [2.05, 4.69) is 21.2 Å². The molecule has 0 aliphatic carbocycles. The number of methoxy groups -OCH3 is 1. The Hall–Kier alpha value is -4.11. The molecule has 0 saturated heterocycles. The van der Waals surface area contributed by atoms with Crippen molar-refractivity contribution in [2.45, 2.75) is 0 Å². The third kappa shape index (κ3) is 5.52. The molecule has 164 valence electrons. The van der Waals surface area contributed by atoms with Crippen LogP contribution in [0.25, 0.3) is 0 Å². The van der Waals surface area contributed by atoms with Crippen LogP contribution in [0.5, 0.6) is 17.2 Å². The number of rotatable bonds is 6. The molecule has 0 radical (unpaired) electrons.